The summed E-state index contributed by atoms with van der Waals surface area (Å²) in [5.74, 6) is -0.603. The molecule has 16 heavy (non-hydrogen) atoms. The van der Waals surface area contributed by atoms with E-state index in [1.807, 2.05) is 0 Å². The predicted molar refractivity (Wildman–Crippen MR) is 56.7 cm³/mol. The first-order valence-corrected chi connectivity index (χ1v) is 4.64. The number of hydrogen-bond donors (Lipinski definition) is 2. The zero-order valence-electron chi connectivity index (χ0n) is 8.29. The van der Waals surface area contributed by atoms with Crippen molar-refractivity contribution in [2.75, 3.05) is 0 Å². The van der Waals surface area contributed by atoms with Gasteiger partial charge in [0.2, 0.25) is 0 Å². The van der Waals surface area contributed by atoms with Gasteiger partial charge in [-0.15, -0.1) is 0 Å². The Bertz CT molecular complexity index is 500. The summed E-state index contributed by atoms with van der Waals surface area (Å²) in [6.45, 7) is 0. The van der Waals surface area contributed by atoms with Crippen molar-refractivity contribution >= 4 is 5.91 Å². The number of nitrogens with zero attached hydrogens (tertiary/aromatic N) is 2. The summed E-state index contributed by atoms with van der Waals surface area (Å²) in [5.41, 5.74) is 2.89. The molecule has 0 aromatic carbocycles. The second kappa shape index (κ2) is 4.50. The maximum Gasteiger partial charge on any atom is 0.276 e. The Kier molecular flexibility index (Phi) is 2.88. The summed E-state index contributed by atoms with van der Waals surface area (Å²) >= 11 is 0. The molecule has 2 rings (SSSR count). The van der Waals surface area contributed by atoms with Gasteiger partial charge in [-0.25, -0.2) is 5.48 Å². The van der Waals surface area contributed by atoms with E-state index >= 15 is 0 Å². The van der Waals surface area contributed by atoms with Crippen molar-refractivity contribution in [2.45, 2.75) is 0 Å². The molecule has 0 bridgehead atoms. The predicted octanol–water partition coefficient (Wildman–Crippen LogP) is 1.26. The molecular weight excluding hydrogens is 206 g/mol. The van der Waals surface area contributed by atoms with Crippen molar-refractivity contribution in [1.82, 2.24) is 15.4 Å². The Morgan fingerprint density at radius 1 is 1.12 bits per heavy atom. The van der Waals surface area contributed by atoms with Gasteiger partial charge in [-0.05, 0) is 24.3 Å². The van der Waals surface area contributed by atoms with E-state index in [1.165, 1.54) is 0 Å². The minimum absolute atomic E-state index is 0.281. The zero-order chi connectivity index (χ0) is 11.4. The number of hydrogen-bond acceptors (Lipinski definition) is 4. The molecule has 0 spiro atoms. The molecule has 0 aliphatic heterocycles. The lowest BCUT2D eigenvalue weighted by molar-refractivity contribution is 0.0706. The van der Waals surface area contributed by atoms with Crippen LogP contribution in [0.15, 0.2) is 42.7 Å². The van der Waals surface area contributed by atoms with Crippen LogP contribution in [-0.4, -0.2) is 21.1 Å². The number of nitrogens with one attached hydrogen (secondary N) is 1. The Hall–Kier alpha value is -2.27. The third kappa shape index (κ3) is 1.89. The average molecular weight is 215 g/mol. The SMILES string of the molecule is O=C(NO)c1cccnc1-c1ccccn1. The Morgan fingerprint density at radius 3 is 2.62 bits per heavy atom. The molecule has 2 N–H and O–H groups in total. The van der Waals surface area contributed by atoms with Crippen LogP contribution in [0, 0.1) is 0 Å². The molecular formula is C11H9N3O2. The van der Waals surface area contributed by atoms with E-state index in [2.05, 4.69) is 9.97 Å². The van der Waals surface area contributed by atoms with Crippen LogP contribution in [0.25, 0.3) is 11.4 Å². The van der Waals surface area contributed by atoms with Gasteiger partial charge < -0.3 is 0 Å². The van der Waals surface area contributed by atoms with Gasteiger partial charge >= 0.3 is 0 Å². The van der Waals surface area contributed by atoms with Gasteiger partial charge in [0.1, 0.15) is 5.69 Å². The molecule has 0 radical (unpaired) electrons. The number of rotatable bonds is 2. The topological polar surface area (TPSA) is 75.1 Å². The maximum atomic E-state index is 11.4. The molecule has 0 fully saturated rings. The molecule has 0 saturated carbocycles. The molecule has 0 aliphatic rings. The van der Waals surface area contributed by atoms with E-state index in [-0.39, 0.29) is 5.56 Å². The van der Waals surface area contributed by atoms with Crippen LogP contribution in [0.2, 0.25) is 0 Å². The van der Waals surface area contributed by atoms with Crippen molar-refractivity contribution in [3.8, 4) is 11.4 Å². The molecule has 0 atom stereocenters. The van der Waals surface area contributed by atoms with Gasteiger partial charge in [0.05, 0.1) is 11.3 Å². The van der Waals surface area contributed by atoms with Gasteiger partial charge in [0.25, 0.3) is 5.91 Å². The van der Waals surface area contributed by atoms with Crippen molar-refractivity contribution in [3.05, 3.63) is 48.3 Å². The highest BCUT2D eigenvalue weighted by molar-refractivity contribution is 5.98. The monoisotopic (exact) mass is 215 g/mol. The highest BCUT2D eigenvalue weighted by atomic mass is 16.5. The highest BCUT2D eigenvalue weighted by Crippen LogP contribution is 2.17. The third-order valence-electron chi connectivity index (χ3n) is 2.06. The fraction of sp³-hybridized carbons (Fsp3) is 0. The lowest BCUT2D eigenvalue weighted by Gasteiger charge is -2.05. The first-order valence-electron chi connectivity index (χ1n) is 4.64. The van der Waals surface area contributed by atoms with Crippen LogP contribution in [0.4, 0.5) is 0 Å². The quantitative estimate of drug-likeness (QED) is 0.584. The van der Waals surface area contributed by atoms with Crippen molar-refractivity contribution in [1.29, 1.82) is 0 Å². The van der Waals surface area contributed by atoms with E-state index in [9.17, 15) is 4.79 Å². The summed E-state index contributed by atoms with van der Waals surface area (Å²) in [4.78, 5) is 19.6. The summed E-state index contributed by atoms with van der Waals surface area (Å²) < 4.78 is 0. The molecule has 0 unspecified atom stereocenters. The van der Waals surface area contributed by atoms with Gasteiger partial charge in [0, 0.05) is 12.4 Å². The van der Waals surface area contributed by atoms with Crippen molar-refractivity contribution < 1.29 is 10.0 Å². The molecule has 2 aromatic rings. The van der Waals surface area contributed by atoms with Crippen LogP contribution in [0.3, 0.4) is 0 Å². The van der Waals surface area contributed by atoms with Crippen LogP contribution >= 0.6 is 0 Å². The van der Waals surface area contributed by atoms with E-state index in [4.69, 9.17) is 5.21 Å². The van der Waals surface area contributed by atoms with E-state index in [0.29, 0.717) is 11.4 Å². The number of amides is 1. The Balaban J connectivity index is 2.53. The standard InChI is InChI=1S/C11H9N3O2/c15-11(14-16)8-4-3-7-13-10(8)9-5-1-2-6-12-9/h1-7,16H,(H,14,15). The summed E-state index contributed by atoms with van der Waals surface area (Å²) in [5, 5.41) is 8.61. The number of pyridine rings is 2. The normalized spacial score (nSPS) is 9.81. The smallest absolute Gasteiger partial charge is 0.276 e. The number of aromatic nitrogens is 2. The fourth-order valence-corrected chi connectivity index (χ4v) is 1.36. The van der Waals surface area contributed by atoms with Gasteiger partial charge in [-0.2, -0.15) is 0 Å². The van der Waals surface area contributed by atoms with E-state index in [0.717, 1.165) is 0 Å². The zero-order valence-corrected chi connectivity index (χ0v) is 8.29. The van der Waals surface area contributed by atoms with E-state index in [1.54, 1.807) is 48.2 Å². The highest BCUT2D eigenvalue weighted by Gasteiger charge is 2.13. The van der Waals surface area contributed by atoms with E-state index < -0.39 is 5.91 Å². The molecule has 80 valence electrons. The second-order valence-electron chi connectivity index (χ2n) is 3.06. The van der Waals surface area contributed by atoms with Gasteiger partial charge in [0.15, 0.2) is 0 Å². The van der Waals surface area contributed by atoms with Crippen molar-refractivity contribution in [3.63, 3.8) is 0 Å². The minimum Gasteiger partial charge on any atom is -0.288 e. The van der Waals surface area contributed by atoms with Gasteiger partial charge in [-0.3, -0.25) is 20.0 Å². The molecule has 1 amide bonds. The van der Waals surface area contributed by atoms with Crippen molar-refractivity contribution in [2.24, 2.45) is 0 Å². The maximum absolute atomic E-state index is 11.4. The summed E-state index contributed by atoms with van der Waals surface area (Å²) in [6.07, 6.45) is 3.18. The second-order valence-corrected chi connectivity index (χ2v) is 3.06. The number of hydroxylamine groups is 1. The van der Waals surface area contributed by atoms with Crippen LogP contribution in [0.1, 0.15) is 10.4 Å². The molecule has 5 heteroatoms. The summed E-state index contributed by atoms with van der Waals surface area (Å²) in [7, 11) is 0. The number of carbonyl (C=O) groups is 1. The first kappa shape index (κ1) is 10.3. The third-order valence-corrected chi connectivity index (χ3v) is 2.06. The lowest BCUT2D eigenvalue weighted by atomic mass is 10.1. The molecule has 2 aromatic heterocycles. The number of carbonyl (C=O) groups excluding carboxylic acids is 1. The average Bonchev–Trinajstić information content (AvgIpc) is 2.39. The van der Waals surface area contributed by atoms with Gasteiger partial charge in [-0.1, -0.05) is 6.07 Å². The molecule has 5 nitrogen and oxygen atoms in total. The largest absolute Gasteiger partial charge is 0.288 e. The van der Waals surface area contributed by atoms with Crippen LogP contribution in [0.5, 0.6) is 0 Å². The molecule has 0 aliphatic carbocycles. The Labute approximate surface area is 91.8 Å². The molecule has 2 heterocycles. The van der Waals surface area contributed by atoms with Crippen LogP contribution in [-0.2, 0) is 0 Å². The lowest BCUT2D eigenvalue weighted by Crippen LogP contribution is -2.19. The Morgan fingerprint density at radius 2 is 1.94 bits per heavy atom. The molecule has 0 saturated heterocycles. The minimum atomic E-state index is -0.603. The first-order chi connectivity index (χ1) is 7.83. The van der Waals surface area contributed by atoms with Crippen LogP contribution < -0.4 is 5.48 Å². The fourth-order valence-electron chi connectivity index (χ4n) is 1.36. The summed E-state index contributed by atoms with van der Waals surface area (Å²) in [6, 6.07) is 8.52.